The summed E-state index contributed by atoms with van der Waals surface area (Å²) >= 11 is 0. The molecule has 1 fully saturated rings. The number of allylic oxidation sites excluding steroid dienone is 2. The fourth-order valence-electron chi connectivity index (χ4n) is 3.20. The van der Waals surface area contributed by atoms with Gasteiger partial charge >= 0.3 is 5.97 Å². The average molecular weight is 261 g/mol. The molecule has 1 saturated heterocycles. The molecule has 0 amide bonds. The van der Waals surface area contributed by atoms with Crippen LogP contribution in [0.2, 0.25) is 0 Å². The average Bonchev–Trinajstić information content (AvgIpc) is 3.04. The molecule has 2 heterocycles. The first-order valence-electron chi connectivity index (χ1n) is 6.80. The van der Waals surface area contributed by atoms with Crippen LogP contribution in [0.3, 0.4) is 0 Å². The standard InChI is InChI=1S/C15H19NO3/c1-18-15(17)13-6-7-19-14(13)10-16-8-11-4-2-3-5-12(11)9-16/h2-3,6-7,11-12H,4-5,8-10H2,1H3/t11-,12-/m0/s1. The predicted molar refractivity (Wildman–Crippen MR) is 70.7 cm³/mol. The second-order valence-corrected chi connectivity index (χ2v) is 5.41. The summed E-state index contributed by atoms with van der Waals surface area (Å²) in [6.07, 6.45) is 8.51. The van der Waals surface area contributed by atoms with Gasteiger partial charge in [0.1, 0.15) is 11.3 Å². The quantitative estimate of drug-likeness (QED) is 0.619. The molecule has 0 bridgehead atoms. The Morgan fingerprint density at radius 1 is 1.37 bits per heavy atom. The zero-order valence-electron chi connectivity index (χ0n) is 11.2. The summed E-state index contributed by atoms with van der Waals surface area (Å²) in [4.78, 5) is 14.0. The second kappa shape index (κ2) is 5.21. The molecule has 1 aromatic heterocycles. The van der Waals surface area contributed by atoms with E-state index in [0.717, 1.165) is 30.7 Å². The van der Waals surface area contributed by atoms with Crippen molar-refractivity contribution in [2.45, 2.75) is 19.4 Å². The first-order chi connectivity index (χ1) is 9.28. The van der Waals surface area contributed by atoms with Crippen LogP contribution in [0.4, 0.5) is 0 Å². The van der Waals surface area contributed by atoms with Crippen molar-refractivity contribution in [1.82, 2.24) is 4.90 Å². The zero-order valence-corrected chi connectivity index (χ0v) is 11.2. The SMILES string of the molecule is COC(=O)c1ccoc1CN1C[C@@H]2CC=CC[C@H]2C1. The molecule has 0 saturated carbocycles. The Balaban J connectivity index is 1.67. The monoisotopic (exact) mass is 261 g/mol. The van der Waals surface area contributed by atoms with Crippen LogP contribution in [0.15, 0.2) is 28.9 Å². The van der Waals surface area contributed by atoms with Crippen molar-refractivity contribution < 1.29 is 13.9 Å². The number of likely N-dealkylation sites (tertiary alicyclic amines) is 1. The highest BCUT2D eigenvalue weighted by Gasteiger charge is 2.33. The first-order valence-corrected chi connectivity index (χ1v) is 6.80. The van der Waals surface area contributed by atoms with Crippen LogP contribution in [0.5, 0.6) is 0 Å². The molecule has 0 aromatic carbocycles. The van der Waals surface area contributed by atoms with Crippen molar-refractivity contribution in [2.75, 3.05) is 20.2 Å². The molecule has 4 nitrogen and oxygen atoms in total. The van der Waals surface area contributed by atoms with Crippen LogP contribution in [0.25, 0.3) is 0 Å². The van der Waals surface area contributed by atoms with Crippen LogP contribution in [0.1, 0.15) is 29.0 Å². The van der Waals surface area contributed by atoms with Crippen molar-refractivity contribution in [3.05, 3.63) is 35.8 Å². The number of carbonyl (C=O) groups is 1. The predicted octanol–water partition coefficient (Wildman–Crippen LogP) is 2.46. The normalized spacial score (nSPS) is 26.4. The zero-order chi connectivity index (χ0) is 13.2. The minimum Gasteiger partial charge on any atom is -0.467 e. The summed E-state index contributed by atoms with van der Waals surface area (Å²) in [5, 5.41) is 0. The van der Waals surface area contributed by atoms with E-state index in [1.54, 1.807) is 12.3 Å². The molecule has 1 aromatic rings. The molecule has 1 aliphatic carbocycles. The van der Waals surface area contributed by atoms with E-state index in [0.29, 0.717) is 12.1 Å². The Bertz CT molecular complexity index is 475. The molecule has 2 atom stereocenters. The number of furan rings is 1. The fourth-order valence-corrected chi connectivity index (χ4v) is 3.20. The molecular formula is C15H19NO3. The molecule has 4 heteroatoms. The van der Waals surface area contributed by atoms with Gasteiger partial charge in [0.15, 0.2) is 0 Å². The van der Waals surface area contributed by atoms with E-state index >= 15 is 0 Å². The summed E-state index contributed by atoms with van der Waals surface area (Å²) in [7, 11) is 1.40. The van der Waals surface area contributed by atoms with Gasteiger partial charge < -0.3 is 9.15 Å². The van der Waals surface area contributed by atoms with E-state index in [2.05, 4.69) is 17.1 Å². The molecule has 19 heavy (non-hydrogen) atoms. The van der Waals surface area contributed by atoms with Crippen molar-refractivity contribution in [3.63, 3.8) is 0 Å². The van der Waals surface area contributed by atoms with Gasteiger partial charge in [0.25, 0.3) is 0 Å². The highest BCUT2D eigenvalue weighted by Crippen LogP contribution is 2.33. The third-order valence-corrected chi connectivity index (χ3v) is 4.21. The number of ether oxygens (including phenoxy) is 1. The van der Waals surface area contributed by atoms with E-state index in [4.69, 9.17) is 9.15 Å². The van der Waals surface area contributed by atoms with Gasteiger partial charge in [0, 0.05) is 13.1 Å². The Hall–Kier alpha value is -1.55. The van der Waals surface area contributed by atoms with Gasteiger partial charge in [0.05, 0.1) is 19.9 Å². The Morgan fingerprint density at radius 3 is 2.68 bits per heavy atom. The number of hydrogen-bond acceptors (Lipinski definition) is 4. The lowest BCUT2D eigenvalue weighted by Crippen LogP contribution is -2.21. The van der Waals surface area contributed by atoms with E-state index in [1.165, 1.54) is 20.0 Å². The summed E-state index contributed by atoms with van der Waals surface area (Å²) in [6, 6.07) is 1.69. The number of rotatable bonds is 3. The van der Waals surface area contributed by atoms with Gasteiger partial charge in [-0.05, 0) is 30.7 Å². The lowest BCUT2D eigenvalue weighted by Gasteiger charge is -2.18. The fraction of sp³-hybridized carbons (Fsp3) is 0.533. The summed E-state index contributed by atoms with van der Waals surface area (Å²) in [5.74, 6) is 1.93. The lowest BCUT2D eigenvalue weighted by molar-refractivity contribution is 0.0596. The van der Waals surface area contributed by atoms with Crippen LogP contribution in [-0.2, 0) is 11.3 Å². The molecule has 0 N–H and O–H groups in total. The van der Waals surface area contributed by atoms with Gasteiger partial charge in [-0.3, -0.25) is 4.90 Å². The molecule has 102 valence electrons. The summed E-state index contributed by atoms with van der Waals surface area (Å²) in [5.41, 5.74) is 0.551. The number of fused-ring (bicyclic) bond motifs is 1. The largest absolute Gasteiger partial charge is 0.467 e. The van der Waals surface area contributed by atoms with Crippen molar-refractivity contribution in [1.29, 1.82) is 0 Å². The van der Waals surface area contributed by atoms with Gasteiger partial charge in [-0.1, -0.05) is 12.2 Å². The first kappa shape index (κ1) is 12.5. The van der Waals surface area contributed by atoms with E-state index in [9.17, 15) is 4.79 Å². The highest BCUT2D eigenvalue weighted by molar-refractivity contribution is 5.90. The minimum atomic E-state index is -0.318. The van der Waals surface area contributed by atoms with Crippen LogP contribution in [0, 0.1) is 11.8 Å². The van der Waals surface area contributed by atoms with Gasteiger partial charge in [-0.15, -0.1) is 0 Å². The van der Waals surface area contributed by atoms with Gasteiger partial charge in [0.2, 0.25) is 0 Å². The number of hydrogen-bond donors (Lipinski definition) is 0. The molecule has 0 spiro atoms. The molecule has 0 radical (unpaired) electrons. The smallest absolute Gasteiger partial charge is 0.341 e. The molecule has 1 aliphatic heterocycles. The van der Waals surface area contributed by atoms with Crippen LogP contribution < -0.4 is 0 Å². The number of esters is 1. The summed E-state index contributed by atoms with van der Waals surface area (Å²) < 4.78 is 10.2. The van der Waals surface area contributed by atoms with E-state index in [1.807, 2.05) is 0 Å². The minimum absolute atomic E-state index is 0.318. The Kier molecular flexibility index (Phi) is 3.42. The maximum atomic E-state index is 11.6. The lowest BCUT2D eigenvalue weighted by atomic mass is 9.86. The maximum absolute atomic E-state index is 11.6. The third-order valence-electron chi connectivity index (χ3n) is 4.21. The van der Waals surface area contributed by atoms with E-state index in [-0.39, 0.29) is 5.97 Å². The maximum Gasteiger partial charge on any atom is 0.341 e. The van der Waals surface area contributed by atoms with Crippen molar-refractivity contribution in [3.8, 4) is 0 Å². The third kappa shape index (κ3) is 2.45. The second-order valence-electron chi connectivity index (χ2n) is 5.41. The molecular weight excluding hydrogens is 242 g/mol. The molecule has 2 aliphatic rings. The summed E-state index contributed by atoms with van der Waals surface area (Å²) in [6.45, 7) is 2.89. The van der Waals surface area contributed by atoms with Crippen molar-refractivity contribution >= 4 is 5.97 Å². The molecule has 3 rings (SSSR count). The van der Waals surface area contributed by atoms with Gasteiger partial charge in [-0.25, -0.2) is 4.79 Å². The molecule has 0 unspecified atom stereocenters. The Labute approximate surface area is 113 Å². The van der Waals surface area contributed by atoms with Crippen molar-refractivity contribution in [2.24, 2.45) is 11.8 Å². The Morgan fingerprint density at radius 2 is 2.05 bits per heavy atom. The number of methoxy groups -OCH3 is 1. The van der Waals surface area contributed by atoms with Gasteiger partial charge in [-0.2, -0.15) is 0 Å². The van der Waals surface area contributed by atoms with Crippen LogP contribution in [-0.4, -0.2) is 31.1 Å². The topological polar surface area (TPSA) is 42.7 Å². The highest BCUT2D eigenvalue weighted by atomic mass is 16.5. The number of nitrogens with zero attached hydrogens (tertiary/aromatic N) is 1. The number of carbonyl (C=O) groups excluding carboxylic acids is 1. The van der Waals surface area contributed by atoms with Crippen LogP contribution >= 0.6 is 0 Å². The van der Waals surface area contributed by atoms with E-state index < -0.39 is 0 Å².